The summed E-state index contributed by atoms with van der Waals surface area (Å²) in [5, 5.41) is 9.44. The van der Waals surface area contributed by atoms with Crippen LogP contribution in [0.25, 0.3) is 0 Å². The van der Waals surface area contributed by atoms with Crippen LogP contribution in [0.3, 0.4) is 0 Å². The third kappa shape index (κ3) is 2.73. The number of carbonyl (C=O) groups is 2. The van der Waals surface area contributed by atoms with Gasteiger partial charge in [0.1, 0.15) is 0 Å². The fraction of sp³-hybridized carbons (Fsp3) is 0.600. The van der Waals surface area contributed by atoms with Crippen molar-refractivity contribution in [3.05, 3.63) is 21.4 Å². The molecule has 2 atom stereocenters. The largest absolute Gasteiger partial charge is 0.481 e. The molecule has 2 unspecified atom stereocenters. The lowest BCUT2D eigenvalue weighted by molar-refractivity contribution is -0.142. The van der Waals surface area contributed by atoms with Crippen molar-refractivity contribution < 1.29 is 14.7 Å². The Morgan fingerprint density at radius 2 is 2.15 bits per heavy atom. The summed E-state index contributed by atoms with van der Waals surface area (Å²) in [6.45, 7) is 8.72. The lowest BCUT2D eigenvalue weighted by Crippen LogP contribution is -2.33. The van der Waals surface area contributed by atoms with Crippen LogP contribution in [-0.2, 0) is 9.59 Å². The van der Waals surface area contributed by atoms with Gasteiger partial charge in [0, 0.05) is 22.7 Å². The van der Waals surface area contributed by atoms with Crippen molar-refractivity contribution in [3.63, 3.8) is 0 Å². The predicted octanol–water partition coefficient (Wildman–Crippen LogP) is 3.00. The van der Waals surface area contributed by atoms with E-state index in [-0.39, 0.29) is 18.4 Å². The second-order valence-electron chi connectivity index (χ2n) is 5.90. The van der Waals surface area contributed by atoms with Gasteiger partial charge in [-0.1, -0.05) is 13.8 Å². The van der Waals surface area contributed by atoms with E-state index in [4.69, 9.17) is 0 Å². The van der Waals surface area contributed by atoms with Crippen LogP contribution in [0.1, 0.15) is 41.6 Å². The van der Waals surface area contributed by atoms with Crippen molar-refractivity contribution in [1.82, 2.24) is 4.90 Å². The molecule has 0 spiro atoms. The second kappa shape index (κ2) is 5.56. The molecule has 1 saturated heterocycles. The van der Waals surface area contributed by atoms with E-state index >= 15 is 0 Å². The van der Waals surface area contributed by atoms with Crippen LogP contribution in [-0.4, -0.2) is 28.4 Å². The van der Waals surface area contributed by atoms with Gasteiger partial charge in [-0.2, -0.15) is 0 Å². The van der Waals surface area contributed by atoms with E-state index in [0.717, 1.165) is 15.3 Å². The van der Waals surface area contributed by atoms with E-state index in [1.807, 2.05) is 33.8 Å². The van der Waals surface area contributed by atoms with Gasteiger partial charge < -0.3 is 10.0 Å². The van der Waals surface area contributed by atoms with E-state index < -0.39 is 11.9 Å². The number of amides is 1. The predicted molar refractivity (Wildman–Crippen MR) is 78.8 cm³/mol. The molecule has 0 aromatic carbocycles. The van der Waals surface area contributed by atoms with Gasteiger partial charge in [-0.3, -0.25) is 9.59 Å². The first-order valence-electron chi connectivity index (χ1n) is 6.90. The molecule has 1 amide bonds. The average Bonchev–Trinajstić information content (AvgIpc) is 2.80. The van der Waals surface area contributed by atoms with E-state index in [1.54, 1.807) is 16.2 Å². The van der Waals surface area contributed by atoms with Gasteiger partial charge in [-0.25, -0.2) is 0 Å². The molecule has 1 aromatic rings. The lowest BCUT2D eigenvalue weighted by Gasteiger charge is -2.28. The maximum atomic E-state index is 12.2. The Bertz CT molecular complexity index is 535. The summed E-state index contributed by atoms with van der Waals surface area (Å²) in [6.07, 6.45) is 0.112. The molecule has 4 nitrogen and oxygen atoms in total. The van der Waals surface area contributed by atoms with Crippen LogP contribution in [0, 0.1) is 25.7 Å². The standard InChI is InChI=1S/C15H21NO3S/c1-8(2)7-16-13(17)6-12(15(18)19)14(16)11-5-9(3)20-10(11)4/h5,8,12,14H,6-7H2,1-4H3,(H,18,19). The SMILES string of the molecule is Cc1cc(C2C(C(=O)O)CC(=O)N2CC(C)C)c(C)s1. The molecule has 20 heavy (non-hydrogen) atoms. The molecule has 1 aliphatic heterocycles. The van der Waals surface area contributed by atoms with Crippen LogP contribution in [0.5, 0.6) is 0 Å². The Labute approximate surface area is 123 Å². The molecular weight excluding hydrogens is 274 g/mol. The average molecular weight is 295 g/mol. The molecule has 110 valence electrons. The quantitative estimate of drug-likeness (QED) is 0.929. The number of hydrogen-bond acceptors (Lipinski definition) is 3. The fourth-order valence-corrected chi connectivity index (χ4v) is 3.92. The number of carboxylic acids is 1. The van der Waals surface area contributed by atoms with Crippen molar-refractivity contribution in [1.29, 1.82) is 0 Å². The number of aliphatic carboxylic acids is 1. The van der Waals surface area contributed by atoms with Crippen molar-refractivity contribution in [2.45, 2.75) is 40.2 Å². The highest BCUT2D eigenvalue weighted by atomic mass is 32.1. The van der Waals surface area contributed by atoms with E-state index in [1.165, 1.54) is 0 Å². The Hall–Kier alpha value is -1.36. The number of carbonyl (C=O) groups excluding carboxylic acids is 1. The number of aryl methyl sites for hydroxylation is 2. The summed E-state index contributed by atoms with van der Waals surface area (Å²) in [7, 11) is 0. The fourth-order valence-electron chi connectivity index (χ4n) is 2.95. The Morgan fingerprint density at radius 1 is 1.50 bits per heavy atom. The summed E-state index contributed by atoms with van der Waals surface area (Å²) in [4.78, 5) is 27.7. The summed E-state index contributed by atoms with van der Waals surface area (Å²) in [5.41, 5.74) is 1.01. The van der Waals surface area contributed by atoms with E-state index in [2.05, 4.69) is 0 Å². The Morgan fingerprint density at radius 3 is 2.60 bits per heavy atom. The summed E-state index contributed by atoms with van der Waals surface area (Å²) in [5.74, 6) is -1.22. The zero-order valence-corrected chi connectivity index (χ0v) is 13.2. The molecule has 1 N–H and O–H groups in total. The van der Waals surface area contributed by atoms with Crippen molar-refractivity contribution in [2.24, 2.45) is 11.8 Å². The van der Waals surface area contributed by atoms with Gasteiger partial charge in [0.05, 0.1) is 12.0 Å². The van der Waals surface area contributed by atoms with Gasteiger partial charge in [0.2, 0.25) is 5.91 Å². The van der Waals surface area contributed by atoms with Crippen LogP contribution in [0.15, 0.2) is 6.07 Å². The minimum atomic E-state index is -0.877. The van der Waals surface area contributed by atoms with Crippen molar-refractivity contribution >= 4 is 23.2 Å². The molecule has 1 aliphatic rings. The van der Waals surface area contributed by atoms with E-state index in [0.29, 0.717) is 12.5 Å². The molecule has 2 heterocycles. The maximum absolute atomic E-state index is 12.2. The molecule has 0 radical (unpaired) electrons. The number of carboxylic acid groups (broad SMARTS) is 1. The maximum Gasteiger partial charge on any atom is 0.309 e. The molecule has 0 saturated carbocycles. The molecule has 0 aliphatic carbocycles. The first-order chi connectivity index (χ1) is 9.31. The third-order valence-electron chi connectivity index (χ3n) is 3.71. The lowest BCUT2D eigenvalue weighted by atomic mass is 9.93. The normalized spacial score (nSPS) is 22.9. The van der Waals surface area contributed by atoms with Crippen molar-refractivity contribution in [3.8, 4) is 0 Å². The molecular formula is C15H21NO3S. The smallest absolute Gasteiger partial charge is 0.309 e. The highest BCUT2D eigenvalue weighted by Gasteiger charge is 2.45. The Kier molecular flexibility index (Phi) is 4.18. The number of nitrogens with zero attached hydrogens (tertiary/aromatic N) is 1. The highest BCUT2D eigenvalue weighted by Crippen LogP contribution is 2.42. The van der Waals surface area contributed by atoms with Gasteiger partial charge in [-0.05, 0) is 31.4 Å². The highest BCUT2D eigenvalue weighted by molar-refractivity contribution is 7.12. The van der Waals surface area contributed by atoms with E-state index in [9.17, 15) is 14.7 Å². The van der Waals surface area contributed by atoms with Crippen LogP contribution >= 0.6 is 11.3 Å². The minimum absolute atomic E-state index is 0.0423. The zero-order valence-electron chi connectivity index (χ0n) is 12.3. The molecule has 0 bridgehead atoms. The Balaban J connectivity index is 2.43. The first kappa shape index (κ1) is 15.0. The van der Waals surface area contributed by atoms with Crippen LogP contribution in [0.2, 0.25) is 0 Å². The third-order valence-corrected chi connectivity index (χ3v) is 4.69. The number of rotatable bonds is 4. The minimum Gasteiger partial charge on any atom is -0.481 e. The topological polar surface area (TPSA) is 57.6 Å². The molecule has 1 aromatic heterocycles. The molecule has 2 rings (SSSR count). The summed E-state index contributed by atoms with van der Waals surface area (Å²) < 4.78 is 0. The van der Waals surface area contributed by atoms with Crippen LogP contribution < -0.4 is 0 Å². The molecule has 5 heteroatoms. The first-order valence-corrected chi connectivity index (χ1v) is 7.72. The number of hydrogen-bond donors (Lipinski definition) is 1. The van der Waals surface area contributed by atoms with Gasteiger partial charge in [-0.15, -0.1) is 11.3 Å². The second-order valence-corrected chi connectivity index (χ2v) is 7.36. The van der Waals surface area contributed by atoms with Gasteiger partial charge in [0.25, 0.3) is 0 Å². The number of thiophene rings is 1. The van der Waals surface area contributed by atoms with Gasteiger partial charge >= 0.3 is 5.97 Å². The zero-order chi connectivity index (χ0) is 15.0. The monoisotopic (exact) mass is 295 g/mol. The van der Waals surface area contributed by atoms with Gasteiger partial charge in [0.15, 0.2) is 0 Å². The number of likely N-dealkylation sites (tertiary alicyclic amines) is 1. The van der Waals surface area contributed by atoms with Crippen molar-refractivity contribution in [2.75, 3.05) is 6.54 Å². The summed E-state index contributed by atoms with van der Waals surface area (Å²) >= 11 is 1.66. The van der Waals surface area contributed by atoms with Crippen LogP contribution in [0.4, 0.5) is 0 Å². The summed E-state index contributed by atoms with van der Waals surface area (Å²) in [6, 6.07) is 1.72. The molecule has 1 fully saturated rings.